The average Bonchev–Trinajstić information content (AvgIpc) is 3.26. The Hall–Kier alpha value is -1.59. The molecule has 118 valence electrons. The molecule has 2 N–H and O–H groups in total. The van der Waals surface area contributed by atoms with E-state index in [4.69, 9.17) is 11.6 Å². The number of nitrogens with zero attached hydrogens (tertiary/aromatic N) is 1. The first-order chi connectivity index (χ1) is 10.5. The van der Waals surface area contributed by atoms with Gasteiger partial charge in [-0.05, 0) is 37.0 Å². The fraction of sp³-hybridized carbons (Fsp3) is 0.500. The number of aliphatic hydroxyl groups is 1. The molecule has 5 nitrogen and oxygen atoms in total. The van der Waals surface area contributed by atoms with Crippen LogP contribution in [0.4, 0.5) is 0 Å². The van der Waals surface area contributed by atoms with Gasteiger partial charge in [0.15, 0.2) is 0 Å². The van der Waals surface area contributed by atoms with Gasteiger partial charge in [-0.15, -0.1) is 0 Å². The lowest BCUT2D eigenvalue weighted by Crippen LogP contribution is -2.58. The molecule has 1 saturated heterocycles. The topological polar surface area (TPSA) is 69.6 Å². The maximum atomic E-state index is 12.8. The van der Waals surface area contributed by atoms with E-state index in [9.17, 15) is 14.7 Å². The van der Waals surface area contributed by atoms with Crippen LogP contribution in [0.1, 0.15) is 18.4 Å². The number of hydrogen-bond acceptors (Lipinski definition) is 3. The minimum absolute atomic E-state index is 0.0146. The van der Waals surface area contributed by atoms with Crippen LogP contribution in [0.3, 0.4) is 0 Å². The number of carbonyl (C=O) groups excluding carboxylic acids is 2. The van der Waals surface area contributed by atoms with Crippen LogP contribution >= 0.6 is 11.6 Å². The highest BCUT2D eigenvalue weighted by molar-refractivity contribution is 6.30. The molecule has 6 heteroatoms. The van der Waals surface area contributed by atoms with Gasteiger partial charge in [0.2, 0.25) is 11.8 Å². The quantitative estimate of drug-likeness (QED) is 0.868. The van der Waals surface area contributed by atoms with Crippen LogP contribution in [0.25, 0.3) is 0 Å². The van der Waals surface area contributed by atoms with Gasteiger partial charge in [0.1, 0.15) is 0 Å². The van der Waals surface area contributed by atoms with E-state index in [0.29, 0.717) is 18.0 Å². The van der Waals surface area contributed by atoms with Gasteiger partial charge in [0.05, 0.1) is 24.6 Å². The van der Waals surface area contributed by atoms with Gasteiger partial charge in [-0.1, -0.05) is 23.7 Å². The molecule has 2 fully saturated rings. The molecule has 0 bridgehead atoms. The van der Waals surface area contributed by atoms with Crippen molar-refractivity contribution in [2.75, 3.05) is 19.7 Å². The Morgan fingerprint density at radius 2 is 2.23 bits per heavy atom. The number of hydrogen-bond donors (Lipinski definition) is 2. The Morgan fingerprint density at radius 3 is 2.86 bits per heavy atom. The zero-order valence-electron chi connectivity index (χ0n) is 12.2. The Kier molecular flexibility index (Phi) is 4.10. The van der Waals surface area contributed by atoms with Gasteiger partial charge < -0.3 is 15.3 Å². The summed E-state index contributed by atoms with van der Waals surface area (Å²) in [7, 11) is 0. The van der Waals surface area contributed by atoms with E-state index >= 15 is 0 Å². The van der Waals surface area contributed by atoms with Gasteiger partial charge in [0, 0.05) is 11.6 Å². The third-order valence-electron chi connectivity index (χ3n) is 4.39. The first-order valence-corrected chi connectivity index (χ1v) is 7.84. The third-order valence-corrected chi connectivity index (χ3v) is 4.62. The van der Waals surface area contributed by atoms with E-state index in [1.807, 2.05) is 24.3 Å². The van der Waals surface area contributed by atoms with Crippen molar-refractivity contribution in [2.24, 2.45) is 5.41 Å². The summed E-state index contributed by atoms with van der Waals surface area (Å²) in [6.07, 6.45) is 2.31. The third kappa shape index (κ3) is 3.10. The van der Waals surface area contributed by atoms with Crippen molar-refractivity contribution in [3.63, 3.8) is 0 Å². The molecule has 22 heavy (non-hydrogen) atoms. The molecule has 1 aromatic rings. The lowest BCUT2D eigenvalue weighted by atomic mass is 9.94. The summed E-state index contributed by atoms with van der Waals surface area (Å²) in [4.78, 5) is 26.1. The second kappa shape index (κ2) is 5.89. The molecule has 0 unspecified atom stereocenters. The molecular formula is C16H19ClN2O3. The van der Waals surface area contributed by atoms with Crippen molar-refractivity contribution in [2.45, 2.75) is 25.3 Å². The second-order valence-electron chi connectivity index (χ2n) is 6.22. The van der Waals surface area contributed by atoms with Crippen LogP contribution in [0, 0.1) is 5.41 Å². The number of aliphatic hydroxyl groups excluding tert-OH is 1. The van der Waals surface area contributed by atoms with Crippen molar-refractivity contribution < 1.29 is 14.7 Å². The first kappa shape index (κ1) is 15.3. The minimum Gasteiger partial charge on any atom is -0.394 e. The molecule has 1 saturated carbocycles. The van der Waals surface area contributed by atoms with Crippen molar-refractivity contribution in [3.05, 3.63) is 34.9 Å². The van der Waals surface area contributed by atoms with E-state index < -0.39 is 5.41 Å². The van der Waals surface area contributed by atoms with E-state index in [2.05, 4.69) is 5.32 Å². The molecular weight excluding hydrogens is 304 g/mol. The molecule has 0 aromatic heterocycles. The maximum Gasteiger partial charge on any atom is 0.239 e. The Labute approximate surface area is 134 Å². The SMILES string of the molecule is O=C1CN(C(=O)C2(Cc3cccc(Cl)c3)CC2)C[C@@H](CO)N1. The molecule has 1 aliphatic heterocycles. The van der Waals surface area contributed by atoms with E-state index in [-0.39, 0.29) is 31.0 Å². The van der Waals surface area contributed by atoms with Gasteiger partial charge >= 0.3 is 0 Å². The monoisotopic (exact) mass is 322 g/mol. The highest BCUT2D eigenvalue weighted by Gasteiger charge is 2.52. The predicted molar refractivity (Wildman–Crippen MR) is 82.4 cm³/mol. The summed E-state index contributed by atoms with van der Waals surface area (Å²) < 4.78 is 0. The summed E-state index contributed by atoms with van der Waals surface area (Å²) >= 11 is 6.00. The average molecular weight is 323 g/mol. The standard InChI is InChI=1S/C16H19ClN2O3/c17-12-3-1-2-11(6-12)7-16(4-5-16)15(22)19-8-13(10-20)18-14(21)9-19/h1-3,6,13,20H,4-5,7-10H2,(H,18,21)/t13-/m0/s1. The molecule has 1 atom stereocenters. The Bertz CT molecular complexity index is 601. The Morgan fingerprint density at radius 1 is 1.45 bits per heavy atom. The van der Waals surface area contributed by atoms with Crippen LogP contribution in [-0.2, 0) is 16.0 Å². The highest BCUT2D eigenvalue weighted by atomic mass is 35.5. The Balaban J connectivity index is 1.72. The second-order valence-corrected chi connectivity index (χ2v) is 6.66. The zero-order valence-corrected chi connectivity index (χ0v) is 13.0. The van der Waals surface area contributed by atoms with Crippen molar-refractivity contribution in [1.29, 1.82) is 0 Å². The summed E-state index contributed by atoms with van der Waals surface area (Å²) in [5, 5.41) is 12.6. The van der Waals surface area contributed by atoms with Gasteiger partial charge in [0.25, 0.3) is 0 Å². The van der Waals surface area contributed by atoms with Crippen LogP contribution in [0.2, 0.25) is 5.02 Å². The van der Waals surface area contributed by atoms with Crippen molar-refractivity contribution >= 4 is 23.4 Å². The van der Waals surface area contributed by atoms with Crippen molar-refractivity contribution in [1.82, 2.24) is 10.2 Å². The predicted octanol–water partition coefficient (Wildman–Crippen LogP) is 0.982. The number of benzene rings is 1. The lowest BCUT2D eigenvalue weighted by molar-refractivity contribution is -0.144. The zero-order chi connectivity index (χ0) is 15.7. The molecule has 1 heterocycles. The number of piperazine rings is 1. The lowest BCUT2D eigenvalue weighted by Gasteiger charge is -2.34. The van der Waals surface area contributed by atoms with E-state index in [0.717, 1.165) is 18.4 Å². The maximum absolute atomic E-state index is 12.8. The highest BCUT2D eigenvalue weighted by Crippen LogP contribution is 2.50. The molecule has 0 radical (unpaired) electrons. The fourth-order valence-corrected chi connectivity index (χ4v) is 3.28. The molecule has 2 amide bonds. The first-order valence-electron chi connectivity index (χ1n) is 7.46. The largest absolute Gasteiger partial charge is 0.394 e. The fourth-order valence-electron chi connectivity index (χ4n) is 3.07. The number of halogens is 1. The van der Waals surface area contributed by atoms with Crippen LogP contribution < -0.4 is 5.32 Å². The number of rotatable bonds is 4. The molecule has 3 rings (SSSR count). The van der Waals surface area contributed by atoms with Gasteiger partial charge in [-0.3, -0.25) is 9.59 Å². The number of carbonyl (C=O) groups is 2. The van der Waals surface area contributed by atoms with Crippen LogP contribution in [0.5, 0.6) is 0 Å². The van der Waals surface area contributed by atoms with Gasteiger partial charge in [-0.2, -0.15) is 0 Å². The van der Waals surface area contributed by atoms with Crippen molar-refractivity contribution in [3.8, 4) is 0 Å². The van der Waals surface area contributed by atoms with E-state index in [1.54, 1.807) is 4.90 Å². The molecule has 1 aliphatic carbocycles. The normalized spacial score (nSPS) is 23.1. The summed E-state index contributed by atoms with van der Waals surface area (Å²) in [5.74, 6) is -0.196. The summed E-state index contributed by atoms with van der Waals surface area (Å²) in [5.41, 5.74) is 0.640. The van der Waals surface area contributed by atoms with Crippen LogP contribution in [0.15, 0.2) is 24.3 Å². The number of amides is 2. The van der Waals surface area contributed by atoms with Gasteiger partial charge in [-0.25, -0.2) is 0 Å². The molecule has 1 aromatic carbocycles. The van der Waals surface area contributed by atoms with E-state index in [1.165, 1.54) is 0 Å². The molecule has 0 spiro atoms. The smallest absolute Gasteiger partial charge is 0.239 e. The summed E-state index contributed by atoms with van der Waals surface area (Å²) in [6, 6.07) is 7.18. The number of nitrogens with one attached hydrogen (secondary N) is 1. The minimum atomic E-state index is -0.400. The molecule has 2 aliphatic rings. The summed E-state index contributed by atoms with van der Waals surface area (Å²) in [6.45, 7) is 0.293. The van der Waals surface area contributed by atoms with Crippen LogP contribution in [-0.4, -0.2) is 47.6 Å².